The fourth-order valence-corrected chi connectivity index (χ4v) is 2.90. The fourth-order valence-electron chi connectivity index (χ4n) is 2.36. The van der Waals surface area contributed by atoms with Crippen molar-refractivity contribution in [1.29, 1.82) is 0 Å². The third kappa shape index (κ3) is 3.73. The Balaban J connectivity index is 2.11. The van der Waals surface area contributed by atoms with E-state index in [4.69, 9.17) is 5.14 Å². The summed E-state index contributed by atoms with van der Waals surface area (Å²) in [6, 6.07) is 10.4. The second-order valence-electron chi connectivity index (χ2n) is 5.03. The van der Waals surface area contributed by atoms with Crippen LogP contribution in [0, 0.1) is 5.82 Å². The van der Waals surface area contributed by atoms with Gasteiger partial charge in [-0.15, -0.1) is 5.10 Å². The molecule has 1 atom stereocenters. The van der Waals surface area contributed by atoms with Crippen LogP contribution in [0.1, 0.15) is 11.7 Å². The molecule has 0 amide bonds. The molecule has 0 fully saturated rings. The molecule has 0 radical (unpaired) electrons. The predicted octanol–water partition coefficient (Wildman–Crippen LogP) is 1.22. The van der Waals surface area contributed by atoms with Crippen LogP contribution in [0.25, 0.3) is 11.0 Å². The molecule has 0 spiro atoms. The maximum atomic E-state index is 14.0. The Hall–Kier alpha value is -2.63. The van der Waals surface area contributed by atoms with Gasteiger partial charge in [0.15, 0.2) is 11.6 Å². The molecule has 2 aromatic carbocycles. The van der Waals surface area contributed by atoms with E-state index in [0.29, 0.717) is 11.0 Å². The van der Waals surface area contributed by atoms with E-state index in [2.05, 4.69) is 19.8 Å². The average Bonchev–Trinajstić information content (AvgIpc) is 2.98. The highest BCUT2D eigenvalue weighted by Crippen LogP contribution is 2.25. The van der Waals surface area contributed by atoms with E-state index in [9.17, 15) is 17.2 Å². The van der Waals surface area contributed by atoms with Crippen LogP contribution in [-0.2, 0) is 10.2 Å². The number of aromatic nitrogens is 3. The van der Waals surface area contributed by atoms with Crippen molar-refractivity contribution >= 4 is 21.2 Å². The van der Waals surface area contributed by atoms with E-state index in [-0.39, 0.29) is 11.3 Å². The fraction of sp³-hybridized carbons (Fsp3) is 0.143. The van der Waals surface area contributed by atoms with Gasteiger partial charge in [0.05, 0.1) is 5.52 Å². The van der Waals surface area contributed by atoms with Crippen molar-refractivity contribution in [2.45, 2.75) is 6.17 Å². The van der Waals surface area contributed by atoms with E-state index >= 15 is 0 Å². The summed E-state index contributed by atoms with van der Waals surface area (Å²) in [6.45, 7) is -1.19. The molecule has 0 bridgehead atoms. The van der Waals surface area contributed by atoms with Gasteiger partial charge < -0.3 is 4.74 Å². The first-order valence-corrected chi connectivity index (χ1v) is 8.52. The lowest BCUT2D eigenvalue weighted by Crippen LogP contribution is -2.38. The molecule has 1 unspecified atom stereocenters. The quantitative estimate of drug-likeness (QED) is 0.678. The van der Waals surface area contributed by atoms with Crippen molar-refractivity contribution < 1.29 is 21.9 Å². The number of alkyl halides is 1. The van der Waals surface area contributed by atoms with Gasteiger partial charge in [0, 0.05) is 0 Å². The molecule has 0 aliphatic rings. The summed E-state index contributed by atoms with van der Waals surface area (Å²) in [5, 5.41) is 12.9. The SMILES string of the molecule is NS(=O)(=O)NC(c1ccc(OCF)c(F)c1)n1nnc2ccccc21. The normalized spacial score (nSPS) is 13.1. The van der Waals surface area contributed by atoms with Crippen LogP contribution >= 0.6 is 0 Å². The van der Waals surface area contributed by atoms with Crippen LogP contribution in [0.15, 0.2) is 42.5 Å². The van der Waals surface area contributed by atoms with Gasteiger partial charge in [-0.2, -0.15) is 13.1 Å². The molecule has 132 valence electrons. The van der Waals surface area contributed by atoms with Gasteiger partial charge in [-0.3, -0.25) is 0 Å². The average molecular weight is 369 g/mol. The third-order valence-electron chi connectivity index (χ3n) is 3.38. The first-order chi connectivity index (χ1) is 11.9. The first kappa shape index (κ1) is 17.2. The molecule has 8 nitrogen and oxygen atoms in total. The highest BCUT2D eigenvalue weighted by Gasteiger charge is 2.23. The number of benzene rings is 2. The van der Waals surface area contributed by atoms with Gasteiger partial charge in [0.25, 0.3) is 10.2 Å². The second-order valence-corrected chi connectivity index (χ2v) is 6.36. The first-order valence-electron chi connectivity index (χ1n) is 6.97. The van der Waals surface area contributed by atoms with Crippen LogP contribution in [-0.4, -0.2) is 30.3 Å². The smallest absolute Gasteiger partial charge is 0.276 e. The summed E-state index contributed by atoms with van der Waals surface area (Å²) in [4.78, 5) is 0. The highest BCUT2D eigenvalue weighted by molar-refractivity contribution is 7.87. The summed E-state index contributed by atoms with van der Waals surface area (Å²) >= 11 is 0. The third-order valence-corrected chi connectivity index (χ3v) is 3.93. The van der Waals surface area contributed by atoms with Crippen molar-refractivity contribution in [3.05, 3.63) is 53.8 Å². The van der Waals surface area contributed by atoms with Gasteiger partial charge in [-0.1, -0.05) is 23.4 Å². The molecule has 0 aliphatic carbocycles. The minimum Gasteiger partial charge on any atom is -0.460 e. The van der Waals surface area contributed by atoms with Crippen LogP contribution in [0.3, 0.4) is 0 Å². The van der Waals surface area contributed by atoms with Gasteiger partial charge in [0.2, 0.25) is 6.86 Å². The predicted molar refractivity (Wildman–Crippen MR) is 84.9 cm³/mol. The largest absolute Gasteiger partial charge is 0.460 e. The van der Waals surface area contributed by atoms with Crippen molar-refractivity contribution in [3.8, 4) is 5.75 Å². The summed E-state index contributed by atoms with van der Waals surface area (Å²) in [5.74, 6) is -1.16. The number of nitrogens with zero attached hydrogens (tertiary/aromatic N) is 3. The lowest BCUT2D eigenvalue weighted by atomic mass is 10.1. The van der Waals surface area contributed by atoms with Crippen molar-refractivity contribution in [2.75, 3.05) is 6.86 Å². The number of nitrogens with two attached hydrogens (primary N) is 1. The van der Waals surface area contributed by atoms with Crippen LogP contribution in [0.4, 0.5) is 8.78 Å². The van der Waals surface area contributed by atoms with E-state index < -0.39 is 29.1 Å². The number of rotatable bonds is 6. The molecule has 1 heterocycles. The number of ether oxygens (including phenoxy) is 1. The van der Waals surface area contributed by atoms with E-state index in [1.807, 2.05) is 0 Å². The Morgan fingerprint density at radius 1 is 1.28 bits per heavy atom. The minimum atomic E-state index is -4.15. The molecule has 3 aromatic rings. The van der Waals surface area contributed by atoms with Crippen LogP contribution in [0.2, 0.25) is 0 Å². The molecule has 0 saturated heterocycles. The topological polar surface area (TPSA) is 112 Å². The van der Waals surface area contributed by atoms with Crippen LogP contribution in [0.5, 0.6) is 5.75 Å². The number of para-hydroxylation sites is 1. The zero-order valence-electron chi connectivity index (χ0n) is 12.6. The Kier molecular flexibility index (Phi) is 4.61. The Morgan fingerprint density at radius 3 is 2.72 bits per heavy atom. The molecular weight excluding hydrogens is 356 g/mol. The Morgan fingerprint density at radius 2 is 2.04 bits per heavy atom. The molecule has 3 N–H and O–H groups in total. The van der Waals surface area contributed by atoms with Crippen LogP contribution < -0.4 is 14.6 Å². The van der Waals surface area contributed by atoms with E-state index in [0.717, 1.165) is 6.07 Å². The van der Waals surface area contributed by atoms with Gasteiger partial charge >= 0.3 is 0 Å². The molecule has 0 aliphatic heterocycles. The van der Waals surface area contributed by atoms with E-state index in [1.165, 1.54) is 16.8 Å². The lowest BCUT2D eigenvalue weighted by molar-refractivity contribution is 0.184. The maximum absolute atomic E-state index is 14.0. The van der Waals surface area contributed by atoms with Crippen molar-refractivity contribution in [1.82, 2.24) is 19.7 Å². The van der Waals surface area contributed by atoms with Crippen molar-refractivity contribution in [2.24, 2.45) is 5.14 Å². The molecule has 1 aromatic heterocycles. The van der Waals surface area contributed by atoms with E-state index in [1.54, 1.807) is 24.3 Å². The van der Waals surface area contributed by atoms with Gasteiger partial charge in [0.1, 0.15) is 11.7 Å². The summed E-state index contributed by atoms with van der Waals surface area (Å²) in [6.07, 6.45) is -1.16. The molecule has 0 saturated carbocycles. The summed E-state index contributed by atoms with van der Waals surface area (Å²) in [5.41, 5.74) is 1.20. The number of hydrogen-bond donors (Lipinski definition) is 2. The molecule has 11 heteroatoms. The zero-order valence-corrected chi connectivity index (χ0v) is 13.5. The zero-order chi connectivity index (χ0) is 18.0. The number of fused-ring (bicyclic) bond motifs is 1. The number of halogens is 2. The monoisotopic (exact) mass is 369 g/mol. The molecular formula is C14H13F2N5O3S. The highest BCUT2D eigenvalue weighted by atomic mass is 32.2. The Labute approximate surface area is 141 Å². The van der Waals surface area contributed by atoms with Crippen molar-refractivity contribution in [3.63, 3.8) is 0 Å². The molecule has 25 heavy (non-hydrogen) atoms. The van der Waals surface area contributed by atoms with Gasteiger partial charge in [-0.05, 0) is 29.8 Å². The maximum Gasteiger partial charge on any atom is 0.276 e. The summed E-state index contributed by atoms with van der Waals surface area (Å²) in [7, 11) is -4.15. The lowest BCUT2D eigenvalue weighted by Gasteiger charge is -2.19. The minimum absolute atomic E-state index is 0.174. The number of nitrogens with one attached hydrogen (secondary N) is 1. The van der Waals surface area contributed by atoms with Gasteiger partial charge in [-0.25, -0.2) is 18.6 Å². The standard InChI is InChI=1S/C14H13F2N5O3S/c15-8-24-13-6-5-9(7-10(13)16)14(19-25(17,22)23)21-12-4-2-1-3-11(12)18-20-21/h1-7,14,19H,8H2,(H2,17,22,23). The Bertz CT molecular complexity index is 1010. The number of hydrogen-bond acceptors (Lipinski definition) is 5. The summed E-state index contributed by atoms with van der Waals surface area (Å²) < 4.78 is 57.3. The second kappa shape index (κ2) is 6.70. The molecule has 3 rings (SSSR count).